The van der Waals surface area contributed by atoms with Gasteiger partial charge in [0, 0.05) is 31.2 Å². The van der Waals surface area contributed by atoms with E-state index in [4.69, 9.17) is 4.42 Å². The van der Waals surface area contributed by atoms with Gasteiger partial charge in [0.25, 0.3) is 0 Å². The molecule has 0 saturated carbocycles. The summed E-state index contributed by atoms with van der Waals surface area (Å²) in [5.74, 6) is -0.188. The van der Waals surface area contributed by atoms with Crippen molar-refractivity contribution in [3.63, 3.8) is 0 Å². The molecular weight excluding hydrogens is 430 g/mol. The molecule has 1 aromatic carbocycles. The van der Waals surface area contributed by atoms with E-state index in [1.54, 1.807) is 6.07 Å². The summed E-state index contributed by atoms with van der Waals surface area (Å²) < 4.78 is 34.6. The lowest BCUT2D eigenvalue weighted by Gasteiger charge is -2.39. The standard InChI is InChI=1S/C23H33N3O5S/c1-15-10-16(2)13-24(12-15)32(29,30)19-8-9-20-21(11-19)31-23(28)25(20)14-22(27)26-17(3)6-5-7-18(26)4/h8-9,11,15-18H,5-7,10,12-14H2,1-4H3/t15-,16-,17-,18-/m0/s1. The number of hydrogen-bond acceptors (Lipinski definition) is 5. The maximum atomic E-state index is 13.2. The number of benzene rings is 1. The van der Waals surface area contributed by atoms with Crippen molar-refractivity contribution in [3.8, 4) is 0 Å². The summed E-state index contributed by atoms with van der Waals surface area (Å²) >= 11 is 0. The Morgan fingerprint density at radius 3 is 2.31 bits per heavy atom. The van der Waals surface area contributed by atoms with Gasteiger partial charge in [-0.3, -0.25) is 9.36 Å². The highest BCUT2D eigenvalue weighted by atomic mass is 32.2. The number of carbonyl (C=O) groups is 1. The van der Waals surface area contributed by atoms with Crippen molar-refractivity contribution in [1.29, 1.82) is 0 Å². The van der Waals surface area contributed by atoms with Gasteiger partial charge in [0.1, 0.15) is 6.54 Å². The molecule has 9 heteroatoms. The Kier molecular flexibility index (Phi) is 6.24. The Morgan fingerprint density at radius 2 is 1.69 bits per heavy atom. The zero-order valence-corrected chi connectivity index (χ0v) is 20.1. The summed E-state index contributed by atoms with van der Waals surface area (Å²) in [5, 5.41) is 0. The van der Waals surface area contributed by atoms with Crippen LogP contribution in [0.25, 0.3) is 11.1 Å². The molecule has 1 amide bonds. The number of carbonyl (C=O) groups excluding carboxylic acids is 1. The third kappa shape index (κ3) is 4.24. The Labute approximate surface area is 189 Å². The van der Waals surface area contributed by atoms with Crippen molar-refractivity contribution < 1.29 is 17.6 Å². The normalized spacial score (nSPS) is 27.7. The van der Waals surface area contributed by atoms with Crippen LogP contribution in [0.1, 0.15) is 53.4 Å². The van der Waals surface area contributed by atoms with Gasteiger partial charge in [-0.15, -0.1) is 0 Å². The number of aromatic nitrogens is 1. The van der Waals surface area contributed by atoms with Crippen LogP contribution in [0.15, 0.2) is 32.3 Å². The summed E-state index contributed by atoms with van der Waals surface area (Å²) in [6, 6.07) is 4.74. The van der Waals surface area contributed by atoms with Crippen LogP contribution >= 0.6 is 0 Å². The number of likely N-dealkylation sites (tertiary alicyclic amines) is 1. The van der Waals surface area contributed by atoms with Crippen molar-refractivity contribution in [2.24, 2.45) is 11.8 Å². The summed E-state index contributed by atoms with van der Waals surface area (Å²) in [6.45, 7) is 9.02. The SMILES string of the molecule is C[C@H]1C[C@H](C)CN(S(=O)(=O)c2ccc3c(c2)oc(=O)n3CC(=O)N2[C@@H](C)CCC[C@@H]2C)C1. The topological polar surface area (TPSA) is 92.8 Å². The van der Waals surface area contributed by atoms with E-state index in [0.29, 0.717) is 30.4 Å². The van der Waals surface area contributed by atoms with Gasteiger partial charge in [-0.1, -0.05) is 13.8 Å². The molecule has 4 rings (SSSR count). The van der Waals surface area contributed by atoms with Gasteiger partial charge in [-0.25, -0.2) is 13.2 Å². The van der Waals surface area contributed by atoms with Crippen LogP contribution in [-0.4, -0.2) is 53.3 Å². The molecule has 0 spiro atoms. The summed E-state index contributed by atoms with van der Waals surface area (Å²) in [7, 11) is -3.69. The van der Waals surface area contributed by atoms with Crippen LogP contribution in [0.5, 0.6) is 0 Å². The van der Waals surface area contributed by atoms with Gasteiger partial charge in [-0.05, 0) is 63.5 Å². The summed E-state index contributed by atoms with van der Waals surface area (Å²) in [6.07, 6.45) is 4.00. The molecule has 4 atom stereocenters. The highest BCUT2D eigenvalue weighted by molar-refractivity contribution is 7.89. The lowest BCUT2D eigenvalue weighted by molar-refractivity contribution is -0.137. The van der Waals surface area contributed by atoms with Crippen molar-refractivity contribution >= 4 is 27.0 Å². The van der Waals surface area contributed by atoms with Gasteiger partial charge in [0.15, 0.2) is 5.58 Å². The molecule has 1 aromatic heterocycles. The van der Waals surface area contributed by atoms with Crippen LogP contribution in [0.2, 0.25) is 0 Å². The number of piperidine rings is 2. The number of oxazole rings is 1. The Morgan fingerprint density at radius 1 is 1.06 bits per heavy atom. The second kappa shape index (κ2) is 8.67. The maximum absolute atomic E-state index is 13.2. The molecule has 176 valence electrons. The van der Waals surface area contributed by atoms with Gasteiger partial charge < -0.3 is 9.32 Å². The highest BCUT2D eigenvalue weighted by Crippen LogP contribution is 2.28. The van der Waals surface area contributed by atoms with Crippen LogP contribution in [-0.2, 0) is 21.4 Å². The largest absolute Gasteiger partial charge is 0.420 e. The van der Waals surface area contributed by atoms with E-state index in [-0.39, 0.29) is 35.0 Å². The van der Waals surface area contributed by atoms with Crippen LogP contribution in [0, 0.1) is 11.8 Å². The van der Waals surface area contributed by atoms with E-state index in [1.165, 1.54) is 21.0 Å². The number of hydrogen-bond donors (Lipinski definition) is 0. The predicted molar refractivity (Wildman–Crippen MR) is 122 cm³/mol. The minimum Gasteiger partial charge on any atom is -0.408 e. The fraction of sp³-hybridized carbons (Fsp3) is 0.652. The van der Waals surface area contributed by atoms with Crippen LogP contribution < -0.4 is 5.76 Å². The third-order valence-corrected chi connectivity index (χ3v) is 8.72. The minimum absolute atomic E-state index is 0.108. The monoisotopic (exact) mass is 463 g/mol. The molecule has 0 aliphatic carbocycles. The molecule has 8 nitrogen and oxygen atoms in total. The zero-order valence-electron chi connectivity index (χ0n) is 19.3. The highest BCUT2D eigenvalue weighted by Gasteiger charge is 2.33. The smallest absolute Gasteiger partial charge is 0.408 e. The first-order chi connectivity index (χ1) is 15.1. The van der Waals surface area contributed by atoms with E-state index < -0.39 is 15.8 Å². The molecule has 0 N–H and O–H groups in total. The van der Waals surface area contributed by atoms with Gasteiger partial charge in [0.05, 0.1) is 10.4 Å². The molecule has 0 bridgehead atoms. The van der Waals surface area contributed by atoms with E-state index in [9.17, 15) is 18.0 Å². The summed E-state index contributed by atoms with van der Waals surface area (Å²) in [4.78, 5) is 27.5. The lowest BCUT2D eigenvalue weighted by atomic mass is 9.94. The molecule has 32 heavy (non-hydrogen) atoms. The van der Waals surface area contributed by atoms with Crippen LogP contribution in [0.3, 0.4) is 0 Å². The van der Waals surface area contributed by atoms with E-state index in [0.717, 1.165) is 25.7 Å². The average molecular weight is 464 g/mol. The Balaban J connectivity index is 1.62. The average Bonchev–Trinajstić information content (AvgIpc) is 3.01. The number of sulfonamides is 1. The number of nitrogens with zero attached hydrogens (tertiary/aromatic N) is 3. The third-order valence-electron chi connectivity index (χ3n) is 6.89. The summed E-state index contributed by atoms with van der Waals surface area (Å²) in [5.41, 5.74) is 0.613. The second-order valence-corrected chi connectivity index (χ2v) is 11.7. The Bertz CT molecular complexity index is 1150. The van der Waals surface area contributed by atoms with Gasteiger partial charge in [0.2, 0.25) is 15.9 Å². The van der Waals surface area contributed by atoms with E-state index >= 15 is 0 Å². The van der Waals surface area contributed by atoms with Crippen molar-refractivity contribution in [1.82, 2.24) is 13.8 Å². The predicted octanol–water partition coefficient (Wildman–Crippen LogP) is 3.05. The maximum Gasteiger partial charge on any atom is 0.420 e. The molecular formula is C23H33N3O5S. The number of fused-ring (bicyclic) bond motifs is 1. The minimum atomic E-state index is -3.69. The van der Waals surface area contributed by atoms with Crippen molar-refractivity contribution in [3.05, 3.63) is 28.7 Å². The molecule has 0 radical (unpaired) electrons. The molecule has 2 aromatic rings. The molecule has 3 heterocycles. The molecule has 2 saturated heterocycles. The fourth-order valence-electron chi connectivity index (χ4n) is 5.44. The van der Waals surface area contributed by atoms with Crippen molar-refractivity contribution in [2.75, 3.05) is 13.1 Å². The molecule has 2 fully saturated rings. The zero-order chi connectivity index (χ0) is 23.2. The fourth-order valence-corrected chi connectivity index (χ4v) is 7.13. The lowest BCUT2D eigenvalue weighted by Crippen LogP contribution is -2.49. The van der Waals surface area contributed by atoms with Crippen LogP contribution in [0.4, 0.5) is 0 Å². The first kappa shape index (κ1) is 23.0. The van der Waals surface area contributed by atoms with Crippen molar-refractivity contribution in [2.45, 2.75) is 76.9 Å². The van der Waals surface area contributed by atoms with E-state index in [2.05, 4.69) is 13.8 Å². The molecule has 2 aliphatic heterocycles. The first-order valence-electron chi connectivity index (χ1n) is 11.5. The van der Waals surface area contributed by atoms with Gasteiger partial charge >= 0.3 is 5.76 Å². The first-order valence-corrected chi connectivity index (χ1v) is 13.0. The molecule has 2 aliphatic rings. The Hall–Kier alpha value is -2.13. The second-order valence-electron chi connectivity index (χ2n) is 9.78. The number of amides is 1. The number of rotatable bonds is 4. The van der Waals surface area contributed by atoms with Gasteiger partial charge in [-0.2, -0.15) is 4.31 Å². The van der Waals surface area contributed by atoms with E-state index in [1.807, 2.05) is 18.7 Å². The molecule has 0 unspecified atom stereocenters. The quantitative estimate of drug-likeness (QED) is 0.695.